The molecule has 1 saturated heterocycles. The van der Waals surface area contributed by atoms with E-state index in [4.69, 9.17) is 5.73 Å². The first kappa shape index (κ1) is 15.6. The molecule has 1 saturated carbocycles. The molecule has 0 aromatic heterocycles. The number of amides is 2. The van der Waals surface area contributed by atoms with E-state index < -0.39 is 0 Å². The maximum Gasteiger partial charge on any atom is 0.315 e. The number of aliphatic hydroxyl groups excluding tert-OH is 1. The molecule has 5 heteroatoms. The van der Waals surface area contributed by atoms with Crippen molar-refractivity contribution < 1.29 is 9.90 Å². The molecule has 1 aliphatic heterocycles. The molecule has 3 atom stereocenters. The van der Waals surface area contributed by atoms with Gasteiger partial charge < -0.3 is 21.1 Å². The first-order valence-electron chi connectivity index (χ1n) is 8.04. The predicted molar refractivity (Wildman–Crippen MR) is 79.3 cm³/mol. The highest BCUT2D eigenvalue weighted by molar-refractivity contribution is 5.72. The summed E-state index contributed by atoms with van der Waals surface area (Å²) in [6, 6.07) is -0.251. The van der Waals surface area contributed by atoms with E-state index in [2.05, 4.69) is 5.32 Å². The van der Waals surface area contributed by atoms with Gasteiger partial charge in [0.2, 0.25) is 0 Å². The molecule has 116 valence electrons. The number of primary amides is 1. The average molecular weight is 283 g/mol. The van der Waals surface area contributed by atoms with E-state index in [9.17, 15) is 9.90 Å². The van der Waals surface area contributed by atoms with Gasteiger partial charge in [0, 0.05) is 25.0 Å². The van der Waals surface area contributed by atoms with Gasteiger partial charge in [0.05, 0.1) is 6.10 Å². The van der Waals surface area contributed by atoms with Crippen molar-refractivity contribution in [1.29, 1.82) is 0 Å². The monoisotopic (exact) mass is 283 g/mol. The van der Waals surface area contributed by atoms with Crippen LogP contribution in [-0.4, -0.2) is 48.3 Å². The summed E-state index contributed by atoms with van der Waals surface area (Å²) in [7, 11) is 1.91. The van der Waals surface area contributed by atoms with Crippen molar-refractivity contribution in [1.82, 2.24) is 10.2 Å². The topological polar surface area (TPSA) is 78.6 Å². The molecule has 0 spiro atoms. The number of nitrogens with zero attached hydrogens (tertiary/aromatic N) is 1. The Bertz CT molecular complexity index is 318. The van der Waals surface area contributed by atoms with Crippen molar-refractivity contribution in [3.8, 4) is 0 Å². The molecule has 0 aromatic carbocycles. The molecular formula is C15H29N3O2. The summed E-state index contributed by atoms with van der Waals surface area (Å²) in [4.78, 5) is 13.4. The highest BCUT2D eigenvalue weighted by Gasteiger charge is 2.39. The Labute approximate surface area is 121 Å². The van der Waals surface area contributed by atoms with Gasteiger partial charge in [-0.15, -0.1) is 0 Å². The van der Waals surface area contributed by atoms with E-state index in [1.54, 1.807) is 4.90 Å². The molecule has 2 amide bonds. The van der Waals surface area contributed by atoms with Gasteiger partial charge in [-0.3, -0.25) is 0 Å². The Balaban J connectivity index is 2.10. The summed E-state index contributed by atoms with van der Waals surface area (Å²) >= 11 is 0. The van der Waals surface area contributed by atoms with Crippen LogP contribution in [-0.2, 0) is 0 Å². The number of carbonyl (C=O) groups is 1. The number of aliphatic hydroxyl groups is 1. The molecular weight excluding hydrogens is 254 g/mol. The van der Waals surface area contributed by atoms with Crippen LogP contribution in [0.15, 0.2) is 0 Å². The van der Waals surface area contributed by atoms with Gasteiger partial charge in [0.25, 0.3) is 0 Å². The van der Waals surface area contributed by atoms with Crippen LogP contribution < -0.4 is 11.1 Å². The van der Waals surface area contributed by atoms with Gasteiger partial charge in [0.15, 0.2) is 0 Å². The number of nitrogens with two attached hydrogens (primary N) is 1. The van der Waals surface area contributed by atoms with Gasteiger partial charge in [-0.05, 0) is 45.1 Å². The molecule has 0 aromatic rings. The summed E-state index contributed by atoms with van der Waals surface area (Å²) < 4.78 is 0. The fraction of sp³-hybridized carbons (Fsp3) is 0.933. The van der Waals surface area contributed by atoms with Crippen LogP contribution in [0.3, 0.4) is 0 Å². The zero-order valence-corrected chi connectivity index (χ0v) is 12.6. The second-order valence-corrected chi connectivity index (χ2v) is 6.35. The van der Waals surface area contributed by atoms with Crippen LogP contribution in [0.5, 0.6) is 0 Å². The molecule has 1 aliphatic carbocycles. The lowest BCUT2D eigenvalue weighted by Gasteiger charge is -2.42. The number of piperidine rings is 1. The molecule has 2 fully saturated rings. The van der Waals surface area contributed by atoms with Crippen molar-refractivity contribution in [2.75, 3.05) is 20.1 Å². The van der Waals surface area contributed by atoms with E-state index in [1.807, 2.05) is 7.05 Å². The van der Waals surface area contributed by atoms with E-state index in [1.165, 1.54) is 12.8 Å². The Morgan fingerprint density at radius 1 is 1.30 bits per heavy atom. The third-order valence-corrected chi connectivity index (χ3v) is 5.09. The summed E-state index contributed by atoms with van der Waals surface area (Å²) in [6.07, 6.45) is 7.44. The van der Waals surface area contributed by atoms with Crippen molar-refractivity contribution in [2.45, 2.75) is 57.1 Å². The number of nitrogens with one attached hydrogen (secondary N) is 1. The van der Waals surface area contributed by atoms with Crippen LogP contribution in [0.4, 0.5) is 4.79 Å². The van der Waals surface area contributed by atoms with Crippen LogP contribution in [0.1, 0.15) is 44.9 Å². The molecule has 1 heterocycles. The molecule has 0 bridgehead atoms. The van der Waals surface area contributed by atoms with Crippen molar-refractivity contribution in [3.05, 3.63) is 0 Å². The lowest BCUT2D eigenvalue weighted by atomic mass is 9.80. The lowest BCUT2D eigenvalue weighted by molar-refractivity contribution is 0.00334. The van der Waals surface area contributed by atoms with Gasteiger partial charge in [-0.2, -0.15) is 0 Å². The molecule has 20 heavy (non-hydrogen) atoms. The third-order valence-electron chi connectivity index (χ3n) is 5.09. The zero-order valence-electron chi connectivity index (χ0n) is 12.6. The second kappa shape index (κ2) is 7.27. The summed E-state index contributed by atoms with van der Waals surface area (Å²) in [5, 5.41) is 14.0. The first-order valence-corrected chi connectivity index (χ1v) is 8.04. The van der Waals surface area contributed by atoms with Crippen LogP contribution in [0, 0.1) is 11.8 Å². The normalized spacial score (nSPS) is 27.5. The largest absolute Gasteiger partial charge is 0.392 e. The van der Waals surface area contributed by atoms with E-state index in [0.717, 1.165) is 45.2 Å². The smallest absolute Gasteiger partial charge is 0.315 e. The van der Waals surface area contributed by atoms with Crippen LogP contribution in [0.25, 0.3) is 0 Å². The zero-order chi connectivity index (χ0) is 14.5. The Morgan fingerprint density at radius 2 is 1.95 bits per heavy atom. The highest BCUT2D eigenvalue weighted by atomic mass is 16.3. The number of carbonyl (C=O) groups excluding carboxylic acids is 1. The molecule has 0 radical (unpaired) electrons. The van der Waals surface area contributed by atoms with E-state index >= 15 is 0 Å². The number of hydrogen-bond donors (Lipinski definition) is 3. The fourth-order valence-corrected chi connectivity index (χ4v) is 4.04. The second-order valence-electron chi connectivity index (χ2n) is 6.35. The molecule has 2 unspecified atom stereocenters. The number of rotatable bonds is 5. The van der Waals surface area contributed by atoms with Gasteiger partial charge in [-0.1, -0.05) is 12.8 Å². The van der Waals surface area contributed by atoms with Crippen LogP contribution in [0.2, 0.25) is 0 Å². The maximum atomic E-state index is 11.7. The Hall–Kier alpha value is -0.810. The predicted octanol–water partition coefficient (Wildman–Crippen LogP) is 1.31. The quantitative estimate of drug-likeness (QED) is 0.712. The Kier molecular flexibility index (Phi) is 5.66. The Morgan fingerprint density at radius 3 is 2.55 bits per heavy atom. The third kappa shape index (κ3) is 3.44. The molecule has 5 nitrogen and oxygen atoms in total. The minimum Gasteiger partial charge on any atom is -0.392 e. The van der Waals surface area contributed by atoms with Gasteiger partial charge in [0.1, 0.15) is 0 Å². The van der Waals surface area contributed by atoms with Gasteiger partial charge in [-0.25, -0.2) is 4.79 Å². The van der Waals surface area contributed by atoms with E-state index in [0.29, 0.717) is 5.92 Å². The minimum atomic E-state index is -0.338. The maximum absolute atomic E-state index is 11.7. The number of likely N-dealkylation sites (tertiary alicyclic amines) is 1. The molecule has 4 N–H and O–H groups in total. The number of urea groups is 1. The summed E-state index contributed by atoms with van der Waals surface area (Å²) in [5.41, 5.74) is 5.53. The van der Waals surface area contributed by atoms with Crippen molar-refractivity contribution in [2.24, 2.45) is 17.6 Å². The minimum absolute atomic E-state index is 0.0873. The lowest BCUT2D eigenvalue weighted by Crippen LogP contribution is -2.55. The highest BCUT2D eigenvalue weighted by Crippen LogP contribution is 2.34. The van der Waals surface area contributed by atoms with Gasteiger partial charge >= 0.3 is 6.03 Å². The summed E-state index contributed by atoms with van der Waals surface area (Å²) in [6.45, 7) is 1.48. The standard InChI is InChI=1S/C15H29N3O2/c1-17-10-12(14(19)11-6-2-3-7-11)13-8-4-5-9-18(13)15(16)20/h11-14,17,19H,2-10H2,1H3,(H2,16,20)/t12-,13?,14?/m1/s1. The van der Waals surface area contributed by atoms with Crippen LogP contribution >= 0.6 is 0 Å². The molecule has 2 rings (SSSR count). The number of hydrogen-bond acceptors (Lipinski definition) is 3. The fourth-order valence-electron chi connectivity index (χ4n) is 4.04. The van der Waals surface area contributed by atoms with E-state index in [-0.39, 0.29) is 24.1 Å². The van der Waals surface area contributed by atoms with Crippen molar-refractivity contribution in [3.63, 3.8) is 0 Å². The summed E-state index contributed by atoms with van der Waals surface area (Å²) in [5.74, 6) is 0.487. The average Bonchev–Trinajstić information content (AvgIpc) is 2.98. The molecule has 2 aliphatic rings. The SMILES string of the molecule is CNC[C@@H](C(O)C1CCCC1)C1CCCCN1C(N)=O. The first-order chi connectivity index (χ1) is 9.65. The van der Waals surface area contributed by atoms with Crippen molar-refractivity contribution >= 4 is 6.03 Å².